The first-order chi connectivity index (χ1) is 23.7. The Labute approximate surface area is 293 Å². The second kappa shape index (κ2) is 11.9. The van der Waals surface area contributed by atoms with Crippen molar-refractivity contribution in [1.82, 2.24) is 20.1 Å². The number of aromatic amines is 1. The molecule has 2 atom stereocenters. The minimum atomic E-state index is -4.45. The number of alkyl halides is 3. The van der Waals surface area contributed by atoms with Gasteiger partial charge in [0.25, 0.3) is 0 Å². The third-order valence-electron chi connectivity index (χ3n) is 13.8. The second-order valence-corrected chi connectivity index (χ2v) is 17.5. The Morgan fingerprint density at radius 1 is 0.940 bits per heavy atom. The largest absolute Gasteiger partial charge is 0.416 e. The molecule has 2 amide bonds. The third kappa shape index (κ3) is 5.75. The van der Waals surface area contributed by atoms with Gasteiger partial charge in [-0.15, -0.1) is 0 Å². The molecule has 0 unspecified atom stereocenters. The van der Waals surface area contributed by atoms with E-state index >= 15 is 4.79 Å². The number of benzene rings is 2. The second-order valence-electron chi connectivity index (χ2n) is 17.5. The number of hydrogen-bond donors (Lipinski definition) is 2. The third-order valence-corrected chi connectivity index (χ3v) is 13.8. The average Bonchev–Trinajstić information content (AvgIpc) is 3.39. The predicted molar refractivity (Wildman–Crippen MR) is 188 cm³/mol. The van der Waals surface area contributed by atoms with Crippen LogP contribution in [0.2, 0.25) is 0 Å². The summed E-state index contributed by atoms with van der Waals surface area (Å²) >= 11 is 0. The number of aryl methyl sites for hydroxylation is 1. The smallest absolute Gasteiger partial charge is 0.358 e. The Bertz CT molecular complexity index is 1750. The molecule has 268 valence electrons. The number of piperidine rings is 1. The number of fused-ring (bicyclic) bond motifs is 1. The zero-order valence-corrected chi connectivity index (χ0v) is 29.8. The van der Waals surface area contributed by atoms with E-state index in [9.17, 15) is 18.0 Å². The van der Waals surface area contributed by atoms with Crippen molar-refractivity contribution in [3.05, 3.63) is 70.9 Å². The number of nitrogens with zero attached hydrogens (tertiary/aromatic N) is 2. The summed E-state index contributed by atoms with van der Waals surface area (Å²) < 4.78 is 40.6. The van der Waals surface area contributed by atoms with Crippen molar-refractivity contribution in [2.24, 2.45) is 29.1 Å². The lowest BCUT2D eigenvalue weighted by Crippen LogP contribution is -2.69. The van der Waals surface area contributed by atoms with E-state index in [0.717, 1.165) is 42.6 Å². The number of para-hydroxylation sites is 1. The monoisotopic (exact) mass is 688 g/mol. The van der Waals surface area contributed by atoms with Crippen molar-refractivity contribution in [3.8, 4) is 0 Å². The minimum absolute atomic E-state index is 0.0631. The van der Waals surface area contributed by atoms with Crippen molar-refractivity contribution in [1.29, 1.82) is 0 Å². The Hall–Kier alpha value is -3.33. The van der Waals surface area contributed by atoms with Gasteiger partial charge < -0.3 is 20.1 Å². The fraction of sp³-hybridized carbons (Fsp3) is 0.610. The maximum Gasteiger partial charge on any atom is 0.416 e. The fourth-order valence-electron chi connectivity index (χ4n) is 11.4. The SMILES string of the molecule is Cc1[nH]c2ccccc2c1[C@@H]1[C@H](CC(=O)N(Cc2ccc(C(F)(F)F)cc2)C2(C(=O)NC34CC5CC(CC(C5)C3)C4)CCN(C)CC2)C1(C)C. The maximum absolute atomic E-state index is 15.0. The van der Waals surface area contributed by atoms with Crippen molar-refractivity contribution in [3.63, 3.8) is 0 Å². The summed E-state index contributed by atoms with van der Waals surface area (Å²) in [4.78, 5) is 37.5. The Morgan fingerprint density at radius 2 is 1.54 bits per heavy atom. The van der Waals surface area contributed by atoms with Crippen molar-refractivity contribution in [2.45, 2.75) is 108 Å². The molecular weight excluding hydrogens is 637 g/mol. The van der Waals surface area contributed by atoms with Crippen LogP contribution in [0.3, 0.4) is 0 Å². The molecule has 50 heavy (non-hydrogen) atoms. The lowest BCUT2D eigenvalue weighted by atomic mass is 9.53. The van der Waals surface area contributed by atoms with Crippen LogP contribution in [0, 0.1) is 36.0 Å². The zero-order chi connectivity index (χ0) is 35.2. The number of likely N-dealkylation sites (tertiary alicyclic amines) is 1. The van der Waals surface area contributed by atoms with Crippen molar-refractivity contribution < 1.29 is 22.8 Å². The van der Waals surface area contributed by atoms with Crippen LogP contribution in [0.15, 0.2) is 48.5 Å². The molecule has 6 nitrogen and oxygen atoms in total. The first-order valence-corrected chi connectivity index (χ1v) is 18.7. The highest BCUT2D eigenvalue weighted by Gasteiger charge is 2.61. The molecule has 0 spiro atoms. The summed E-state index contributed by atoms with van der Waals surface area (Å²) in [6.07, 6.45) is 3.63. The number of halogens is 3. The van der Waals surface area contributed by atoms with E-state index in [-0.39, 0.29) is 47.6 Å². The zero-order valence-electron chi connectivity index (χ0n) is 29.8. The first-order valence-electron chi connectivity index (χ1n) is 18.7. The van der Waals surface area contributed by atoms with E-state index in [0.29, 0.717) is 49.2 Å². The predicted octanol–water partition coefficient (Wildman–Crippen LogP) is 8.20. The molecule has 2 heterocycles. The van der Waals surface area contributed by atoms with Crippen LogP contribution >= 0.6 is 0 Å². The quantitative estimate of drug-likeness (QED) is 0.251. The summed E-state index contributed by atoms with van der Waals surface area (Å²) in [5, 5.41) is 4.82. The van der Waals surface area contributed by atoms with Gasteiger partial charge in [-0.2, -0.15) is 13.2 Å². The normalized spacial score (nSPS) is 31.1. The number of nitrogens with one attached hydrogen (secondary N) is 2. The topological polar surface area (TPSA) is 68.4 Å². The van der Waals surface area contributed by atoms with E-state index in [4.69, 9.17) is 0 Å². The number of amides is 2. The molecule has 4 bridgehead atoms. The molecular formula is C41H51F3N4O2. The van der Waals surface area contributed by atoms with Gasteiger partial charge in [0, 0.05) is 48.2 Å². The molecule has 6 fully saturated rings. The van der Waals surface area contributed by atoms with Crippen LogP contribution in [0.25, 0.3) is 10.9 Å². The molecule has 5 aliphatic carbocycles. The Kier molecular flexibility index (Phi) is 8.01. The summed E-state index contributed by atoms with van der Waals surface area (Å²) in [7, 11) is 2.05. The van der Waals surface area contributed by atoms with Gasteiger partial charge in [0.2, 0.25) is 11.8 Å². The minimum Gasteiger partial charge on any atom is -0.358 e. The van der Waals surface area contributed by atoms with Gasteiger partial charge in [0.1, 0.15) is 5.54 Å². The van der Waals surface area contributed by atoms with Gasteiger partial charge in [-0.05, 0) is 130 Å². The summed E-state index contributed by atoms with van der Waals surface area (Å²) in [5.41, 5.74) is 1.91. The molecule has 1 aromatic heterocycles. The lowest BCUT2D eigenvalue weighted by molar-refractivity contribution is -0.155. The highest BCUT2D eigenvalue weighted by molar-refractivity contribution is 5.93. The molecule has 5 saturated carbocycles. The molecule has 2 N–H and O–H groups in total. The molecule has 2 aromatic carbocycles. The lowest BCUT2D eigenvalue weighted by Gasteiger charge is -2.58. The fourth-order valence-corrected chi connectivity index (χ4v) is 11.4. The van der Waals surface area contributed by atoms with Gasteiger partial charge in [0.15, 0.2) is 0 Å². The molecule has 3 aromatic rings. The van der Waals surface area contributed by atoms with E-state index in [1.54, 1.807) is 4.90 Å². The number of H-pyrrole nitrogens is 1. The van der Waals surface area contributed by atoms with Gasteiger partial charge in [-0.25, -0.2) is 0 Å². The van der Waals surface area contributed by atoms with Crippen LogP contribution in [-0.4, -0.2) is 57.8 Å². The maximum atomic E-state index is 15.0. The van der Waals surface area contributed by atoms with Crippen LogP contribution in [0.4, 0.5) is 13.2 Å². The van der Waals surface area contributed by atoms with Crippen LogP contribution in [0.1, 0.15) is 99.9 Å². The Morgan fingerprint density at radius 3 is 2.14 bits per heavy atom. The van der Waals surface area contributed by atoms with Gasteiger partial charge in [-0.1, -0.05) is 44.2 Å². The molecule has 1 saturated heterocycles. The Balaban J connectivity index is 1.13. The van der Waals surface area contributed by atoms with Gasteiger partial charge in [0.05, 0.1) is 5.56 Å². The van der Waals surface area contributed by atoms with Crippen molar-refractivity contribution >= 4 is 22.7 Å². The highest BCUT2D eigenvalue weighted by atomic mass is 19.4. The number of hydrogen-bond acceptors (Lipinski definition) is 3. The van der Waals surface area contributed by atoms with E-state index in [1.165, 1.54) is 42.3 Å². The summed E-state index contributed by atoms with van der Waals surface area (Å²) in [6.45, 7) is 7.97. The van der Waals surface area contributed by atoms with Crippen LogP contribution < -0.4 is 5.32 Å². The van der Waals surface area contributed by atoms with E-state index < -0.39 is 17.3 Å². The van der Waals surface area contributed by atoms with E-state index in [1.807, 2.05) is 19.2 Å². The standard InChI is InChI=1S/C41H51F3N4O2/c1-25-35(31-7-5-6-8-33(31)45-25)36-32(38(36,2)3)20-34(49)48(24-26-9-11-30(12-10-26)41(42,43)44)40(13-15-47(4)16-14-40)37(50)46-39-21-27-17-28(22-39)19-29(18-27)23-39/h5-12,27-29,32,36,45H,13-24H2,1-4H3,(H,46,50)/t27?,28?,29?,32-,36-,39?/m0/s1. The number of carbonyl (C=O) groups excluding carboxylic acids is 2. The van der Waals surface area contributed by atoms with Crippen LogP contribution in [0.5, 0.6) is 0 Å². The molecule has 6 aliphatic rings. The summed E-state index contributed by atoms with van der Waals surface area (Å²) in [5.74, 6) is 2.05. The van der Waals surface area contributed by atoms with Gasteiger partial charge >= 0.3 is 6.18 Å². The van der Waals surface area contributed by atoms with Crippen molar-refractivity contribution in [2.75, 3.05) is 20.1 Å². The first kappa shape index (κ1) is 33.8. The highest BCUT2D eigenvalue weighted by Crippen LogP contribution is 2.67. The number of carbonyl (C=O) groups is 2. The van der Waals surface area contributed by atoms with E-state index in [2.05, 4.69) is 48.1 Å². The molecule has 9 rings (SSSR count). The van der Waals surface area contributed by atoms with Gasteiger partial charge in [-0.3, -0.25) is 9.59 Å². The average molecular weight is 689 g/mol. The molecule has 9 heteroatoms. The molecule has 0 radical (unpaired) electrons. The number of aromatic nitrogens is 1. The van der Waals surface area contributed by atoms with Crippen LogP contribution in [-0.2, 0) is 22.3 Å². The summed E-state index contributed by atoms with van der Waals surface area (Å²) in [6, 6.07) is 13.4. The molecule has 1 aliphatic heterocycles. The number of rotatable bonds is 8.